The molecule has 3 N–H and O–H groups in total. The molecule has 0 fully saturated rings. The van der Waals surface area contributed by atoms with Crippen LogP contribution in [0.5, 0.6) is 0 Å². The van der Waals surface area contributed by atoms with Crippen LogP contribution < -0.4 is 10.5 Å². The zero-order valence-electron chi connectivity index (χ0n) is 10.1. The van der Waals surface area contributed by atoms with Crippen LogP contribution in [-0.4, -0.2) is 13.4 Å². The number of halogens is 1. The zero-order valence-corrected chi connectivity index (χ0v) is 10.9. The van der Waals surface area contributed by atoms with E-state index >= 15 is 0 Å². The maximum absolute atomic E-state index is 13.2. The fourth-order valence-electron chi connectivity index (χ4n) is 1.56. The van der Waals surface area contributed by atoms with Crippen LogP contribution in [0.3, 0.4) is 0 Å². The van der Waals surface area contributed by atoms with Gasteiger partial charge in [-0.05, 0) is 37.3 Å². The highest BCUT2D eigenvalue weighted by Gasteiger charge is 2.16. The minimum Gasteiger partial charge on any atom is -0.399 e. The summed E-state index contributed by atoms with van der Waals surface area (Å²) in [5.74, 6) is -0.703. The molecule has 1 aromatic heterocycles. The van der Waals surface area contributed by atoms with E-state index in [1.807, 2.05) is 0 Å². The normalized spacial score (nSPS) is 11.3. The number of anilines is 2. The first-order valence-corrected chi connectivity index (χ1v) is 6.87. The molecule has 0 unspecified atom stereocenters. The zero-order chi connectivity index (χ0) is 14.0. The highest BCUT2D eigenvalue weighted by atomic mass is 32.2. The van der Waals surface area contributed by atoms with Crippen LogP contribution in [0.15, 0.2) is 41.4 Å². The predicted octanol–water partition coefficient (Wildman–Crippen LogP) is 1.91. The number of hydrogen-bond donors (Lipinski definition) is 2. The Morgan fingerprint density at radius 1 is 1.26 bits per heavy atom. The van der Waals surface area contributed by atoms with Crippen molar-refractivity contribution in [2.75, 3.05) is 10.5 Å². The lowest BCUT2D eigenvalue weighted by Crippen LogP contribution is -2.13. The standard InChI is InChI=1S/C12H12FN3O2S/c1-8-4-11(2-3-15-8)16-19(17,18)12-6-9(13)5-10(14)7-12/h2-7H,14H2,1H3,(H,15,16). The summed E-state index contributed by atoms with van der Waals surface area (Å²) < 4.78 is 39.6. The van der Waals surface area contributed by atoms with Crippen molar-refractivity contribution in [3.05, 3.63) is 48.0 Å². The Bertz CT molecular complexity index is 696. The molecule has 5 nitrogen and oxygen atoms in total. The number of nitrogens with zero attached hydrogens (tertiary/aromatic N) is 1. The molecule has 19 heavy (non-hydrogen) atoms. The van der Waals surface area contributed by atoms with Gasteiger partial charge >= 0.3 is 0 Å². The molecule has 1 aromatic carbocycles. The highest BCUT2D eigenvalue weighted by molar-refractivity contribution is 7.92. The van der Waals surface area contributed by atoms with E-state index in [4.69, 9.17) is 5.73 Å². The van der Waals surface area contributed by atoms with Crippen molar-refractivity contribution < 1.29 is 12.8 Å². The molecule has 0 saturated carbocycles. The topological polar surface area (TPSA) is 85.1 Å². The van der Waals surface area contributed by atoms with E-state index in [1.165, 1.54) is 18.3 Å². The van der Waals surface area contributed by atoms with Crippen molar-refractivity contribution >= 4 is 21.4 Å². The van der Waals surface area contributed by atoms with Gasteiger partial charge in [0.05, 0.1) is 10.6 Å². The smallest absolute Gasteiger partial charge is 0.262 e. The molecule has 0 aliphatic carbocycles. The molecule has 2 aromatic rings. The lowest BCUT2D eigenvalue weighted by atomic mass is 10.3. The van der Waals surface area contributed by atoms with Gasteiger partial charge in [-0.25, -0.2) is 12.8 Å². The van der Waals surface area contributed by atoms with Gasteiger partial charge in [0.15, 0.2) is 0 Å². The van der Waals surface area contributed by atoms with Gasteiger partial charge in [0.1, 0.15) is 5.82 Å². The maximum Gasteiger partial charge on any atom is 0.262 e. The van der Waals surface area contributed by atoms with Crippen LogP contribution >= 0.6 is 0 Å². The average molecular weight is 281 g/mol. The van der Waals surface area contributed by atoms with Crippen LogP contribution in [-0.2, 0) is 10.0 Å². The third-order valence-corrected chi connectivity index (χ3v) is 3.71. The summed E-state index contributed by atoms with van der Waals surface area (Å²) >= 11 is 0. The molecule has 100 valence electrons. The van der Waals surface area contributed by atoms with E-state index in [9.17, 15) is 12.8 Å². The molecular weight excluding hydrogens is 269 g/mol. The van der Waals surface area contributed by atoms with Gasteiger partial charge in [0, 0.05) is 17.6 Å². The van der Waals surface area contributed by atoms with Crippen molar-refractivity contribution in [1.82, 2.24) is 4.98 Å². The number of nitrogens with two attached hydrogens (primary N) is 1. The largest absolute Gasteiger partial charge is 0.399 e. The molecule has 2 rings (SSSR count). The SMILES string of the molecule is Cc1cc(NS(=O)(=O)c2cc(N)cc(F)c2)ccn1. The summed E-state index contributed by atoms with van der Waals surface area (Å²) in [5.41, 5.74) is 6.50. The molecular formula is C12H12FN3O2S. The summed E-state index contributed by atoms with van der Waals surface area (Å²) in [6.45, 7) is 1.73. The fourth-order valence-corrected chi connectivity index (χ4v) is 2.68. The summed E-state index contributed by atoms with van der Waals surface area (Å²) in [5, 5.41) is 0. The van der Waals surface area contributed by atoms with Crippen molar-refractivity contribution in [2.24, 2.45) is 0 Å². The van der Waals surface area contributed by atoms with Gasteiger partial charge in [0.2, 0.25) is 0 Å². The van der Waals surface area contributed by atoms with Crippen LogP contribution in [0.2, 0.25) is 0 Å². The first-order chi connectivity index (χ1) is 8.87. The molecule has 0 spiro atoms. The second-order valence-corrected chi connectivity index (χ2v) is 5.69. The van der Waals surface area contributed by atoms with Crippen molar-refractivity contribution in [2.45, 2.75) is 11.8 Å². The molecule has 0 aliphatic rings. The van der Waals surface area contributed by atoms with Gasteiger partial charge in [-0.15, -0.1) is 0 Å². The molecule has 0 radical (unpaired) electrons. The summed E-state index contributed by atoms with van der Waals surface area (Å²) in [6, 6.07) is 6.23. The van der Waals surface area contributed by atoms with Crippen LogP contribution in [0, 0.1) is 12.7 Å². The van der Waals surface area contributed by atoms with E-state index in [1.54, 1.807) is 13.0 Å². The van der Waals surface area contributed by atoms with Gasteiger partial charge in [-0.3, -0.25) is 9.71 Å². The summed E-state index contributed by atoms with van der Waals surface area (Å²) in [7, 11) is -3.87. The lowest BCUT2D eigenvalue weighted by Gasteiger charge is -2.09. The van der Waals surface area contributed by atoms with Gasteiger partial charge in [0.25, 0.3) is 10.0 Å². The molecule has 0 atom stereocenters. The molecule has 0 amide bonds. The van der Waals surface area contributed by atoms with Gasteiger partial charge in [-0.2, -0.15) is 0 Å². The van der Waals surface area contributed by atoms with Crippen LogP contribution in [0.4, 0.5) is 15.8 Å². The third-order valence-electron chi connectivity index (χ3n) is 2.35. The second kappa shape index (κ2) is 4.85. The minimum absolute atomic E-state index is 0.0475. The number of nitrogens with one attached hydrogen (secondary N) is 1. The molecule has 0 bridgehead atoms. The number of pyridine rings is 1. The highest BCUT2D eigenvalue weighted by Crippen LogP contribution is 2.19. The number of sulfonamides is 1. The van der Waals surface area contributed by atoms with E-state index in [0.29, 0.717) is 11.4 Å². The summed E-state index contributed by atoms with van der Waals surface area (Å²) in [4.78, 5) is 3.73. The predicted molar refractivity (Wildman–Crippen MR) is 70.6 cm³/mol. The van der Waals surface area contributed by atoms with Gasteiger partial charge in [-0.1, -0.05) is 0 Å². The van der Waals surface area contributed by atoms with Crippen molar-refractivity contribution in [3.63, 3.8) is 0 Å². The van der Waals surface area contributed by atoms with Crippen molar-refractivity contribution in [1.29, 1.82) is 0 Å². The number of nitrogen functional groups attached to an aromatic ring is 1. The Morgan fingerprint density at radius 2 is 2.00 bits per heavy atom. The maximum atomic E-state index is 13.2. The number of hydrogen-bond acceptors (Lipinski definition) is 4. The molecule has 7 heteroatoms. The van der Waals surface area contributed by atoms with E-state index in [2.05, 4.69) is 9.71 Å². The molecule has 1 heterocycles. The van der Waals surface area contributed by atoms with Crippen molar-refractivity contribution in [3.8, 4) is 0 Å². The Hall–Kier alpha value is -2.15. The Balaban J connectivity index is 2.37. The number of benzene rings is 1. The number of aromatic nitrogens is 1. The van der Waals surface area contributed by atoms with Crippen LogP contribution in [0.1, 0.15) is 5.69 Å². The monoisotopic (exact) mass is 281 g/mol. The third kappa shape index (κ3) is 3.19. The molecule has 0 aliphatic heterocycles. The Kier molecular flexibility index (Phi) is 3.39. The number of aryl methyl sites for hydroxylation is 1. The van der Waals surface area contributed by atoms with Crippen LogP contribution in [0.25, 0.3) is 0 Å². The first-order valence-electron chi connectivity index (χ1n) is 5.38. The van der Waals surface area contributed by atoms with E-state index in [0.717, 1.165) is 12.1 Å². The Morgan fingerprint density at radius 3 is 2.63 bits per heavy atom. The second-order valence-electron chi connectivity index (χ2n) is 4.01. The lowest BCUT2D eigenvalue weighted by molar-refractivity contribution is 0.595. The van der Waals surface area contributed by atoms with E-state index in [-0.39, 0.29) is 10.6 Å². The first kappa shape index (κ1) is 13.3. The average Bonchev–Trinajstić information content (AvgIpc) is 2.26. The summed E-state index contributed by atoms with van der Waals surface area (Å²) in [6.07, 6.45) is 1.48. The molecule has 0 saturated heterocycles. The van der Waals surface area contributed by atoms with E-state index < -0.39 is 15.8 Å². The van der Waals surface area contributed by atoms with Gasteiger partial charge < -0.3 is 5.73 Å². The quantitative estimate of drug-likeness (QED) is 0.842. The minimum atomic E-state index is -3.87. The Labute approximate surface area is 110 Å². The fraction of sp³-hybridized carbons (Fsp3) is 0.0833. The number of rotatable bonds is 3.